The van der Waals surface area contributed by atoms with E-state index in [0.29, 0.717) is 25.6 Å². The molecule has 21 heavy (non-hydrogen) atoms. The maximum absolute atomic E-state index is 12.1. The number of phenolic OH excluding ortho intramolecular Hbond substituents is 1. The van der Waals surface area contributed by atoms with Gasteiger partial charge in [-0.1, -0.05) is 39.3 Å². The Morgan fingerprint density at radius 3 is 2.71 bits per heavy atom. The fourth-order valence-electron chi connectivity index (χ4n) is 1.83. The Bertz CT molecular complexity index is 429. The zero-order valence-corrected chi connectivity index (χ0v) is 13.2. The number of hydrogen-bond acceptors (Lipinski definition) is 4. The second-order valence-corrected chi connectivity index (χ2v) is 5.61. The molecule has 0 fully saturated rings. The third-order valence-corrected chi connectivity index (χ3v) is 2.97. The van der Waals surface area contributed by atoms with Gasteiger partial charge in [-0.2, -0.15) is 0 Å². The van der Waals surface area contributed by atoms with Crippen molar-refractivity contribution in [1.82, 2.24) is 0 Å². The molecule has 0 saturated heterocycles. The zero-order valence-electron chi connectivity index (χ0n) is 13.2. The first-order valence-corrected chi connectivity index (χ1v) is 7.59. The quantitative estimate of drug-likeness (QED) is 0.561. The SMILES string of the molecule is CCCCOC(=O)C(Cc1cccc(O)c1)OCC(C)C. The molecule has 4 nitrogen and oxygen atoms in total. The minimum atomic E-state index is -0.619. The van der Waals surface area contributed by atoms with Crippen LogP contribution in [0.2, 0.25) is 0 Å². The molecule has 1 aromatic rings. The molecule has 0 aliphatic heterocycles. The summed E-state index contributed by atoms with van der Waals surface area (Å²) in [6.45, 7) is 7.05. The number of hydrogen-bond donors (Lipinski definition) is 1. The predicted molar refractivity (Wildman–Crippen MR) is 82.3 cm³/mol. The molecule has 1 rings (SSSR count). The van der Waals surface area contributed by atoms with Crippen molar-refractivity contribution in [2.24, 2.45) is 5.92 Å². The Morgan fingerprint density at radius 1 is 1.33 bits per heavy atom. The molecule has 0 aliphatic carbocycles. The van der Waals surface area contributed by atoms with E-state index in [1.54, 1.807) is 18.2 Å². The third-order valence-electron chi connectivity index (χ3n) is 2.97. The second-order valence-electron chi connectivity index (χ2n) is 5.61. The molecule has 4 heteroatoms. The smallest absolute Gasteiger partial charge is 0.335 e. The first-order valence-electron chi connectivity index (χ1n) is 7.59. The molecule has 1 aromatic carbocycles. The lowest BCUT2D eigenvalue weighted by atomic mass is 10.1. The Morgan fingerprint density at radius 2 is 2.10 bits per heavy atom. The largest absolute Gasteiger partial charge is 0.508 e. The molecule has 0 aliphatic rings. The third kappa shape index (κ3) is 7.14. The lowest BCUT2D eigenvalue weighted by molar-refractivity contribution is -0.158. The van der Waals surface area contributed by atoms with Gasteiger partial charge < -0.3 is 14.6 Å². The molecule has 0 aromatic heterocycles. The van der Waals surface area contributed by atoms with Crippen LogP contribution in [0.15, 0.2) is 24.3 Å². The van der Waals surface area contributed by atoms with Crippen molar-refractivity contribution in [2.75, 3.05) is 13.2 Å². The lowest BCUT2D eigenvalue weighted by Gasteiger charge is -2.18. The maximum atomic E-state index is 12.1. The minimum Gasteiger partial charge on any atom is -0.508 e. The van der Waals surface area contributed by atoms with E-state index in [1.165, 1.54) is 0 Å². The van der Waals surface area contributed by atoms with Crippen molar-refractivity contribution in [3.63, 3.8) is 0 Å². The van der Waals surface area contributed by atoms with Gasteiger partial charge in [0.1, 0.15) is 5.75 Å². The fraction of sp³-hybridized carbons (Fsp3) is 0.588. The maximum Gasteiger partial charge on any atom is 0.335 e. The van der Waals surface area contributed by atoms with Crippen LogP contribution in [0.5, 0.6) is 5.75 Å². The van der Waals surface area contributed by atoms with Gasteiger partial charge in [0.25, 0.3) is 0 Å². The van der Waals surface area contributed by atoms with Crippen molar-refractivity contribution in [1.29, 1.82) is 0 Å². The van der Waals surface area contributed by atoms with E-state index < -0.39 is 6.10 Å². The van der Waals surface area contributed by atoms with Gasteiger partial charge in [0.2, 0.25) is 0 Å². The number of unbranched alkanes of at least 4 members (excludes halogenated alkanes) is 1. The first-order chi connectivity index (χ1) is 10.0. The molecular formula is C17H26O4. The number of carbonyl (C=O) groups is 1. The van der Waals surface area contributed by atoms with Crippen molar-refractivity contribution < 1.29 is 19.4 Å². The standard InChI is InChI=1S/C17H26O4/c1-4-5-9-20-17(19)16(21-12-13(2)3)11-14-7-6-8-15(18)10-14/h6-8,10,13,16,18H,4-5,9,11-12H2,1-3H3. The van der Waals surface area contributed by atoms with E-state index in [0.717, 1.165) is 18.4 Å². The number of carbonyl (C=O) groups excluding carboxylic acids is 1. The first kappa shape index (κ1) is 17.5. The molecule has 1 atom stereocenters. The number of phenols is 1. The van der Waals surface area contributed by atoms with Crippen LogP contribution in [0.1, 0.15) is 39.2 Å². The van der Waals surface area contributed by atoms with Crippen LogP contribution in [-0.4, -0.2) is 30.4 Å². The van der Waals surface area contributed by atoms with Crippen LogP contribution in [0.4, 0.5) is 0 Å². The molecule has 118 valence electrons. The number of benzene rings is 1. The molecule has 0 spiro atoms. The highest BCUT2D eigenvalue weighted by molar-refractivity contribution is 5.75. The van der Waals surface area contributed by atoms with E-state index in [1.807, 2.05) is 26.8 Å². The second kappa shape index (κ2) is 9.40. The summed E-state index contributed by atoms with van der Waals surface area (Å²) < 4.78 is 10.9. The molecule has 0 bridgehead atoms. The van der Waals surface area contributed by atoms with Crippen LogP contribution >= 0.6 is 0 Å². The highest BCUT2D eigenvalue weighted by Crippen LogP contribution is 2.15. The van der Waals surface area contributed by atoms with Crippen LogP contribution in [0.25, 0.3) is 0 Å². The zero-order chi connectivity index (χ0) is 15.7. The summed E-state index contributed by atoms with van der Waals surface area (Å²) in [5, 5.41) is 9.50. The van der Waals surface area contributed by atoms with Crippen LogP contribution in [-0.2, 0) is 20.7 Å². The van der Waals surface area contributed by atoms with Crippen LogP contribution in [0, 0.1) is 5.92 Å². The summed E-state index contributed by atoms with van der Waals surface area (Å²) in [6.07, 6.45) is 1.63. The van der Waals surface area contributed by atoms with Gasteiger partial charge in [-0.25, -0.2) is 4.79 Å². The Kier molecular flexibility index (Phi) is 7.83. The van der Waals surface area contributed by atoms with Crippen molar-refractivity contribution >= 4 is 5.97 Å². The lowest BCUT2D eigenvalue weighted by Crippen LogP contribution is -2.30. The molecule has 0 radical (unpaired) electrons. The highest BCUT2D eigenvalue weighted by atomic mass is 16.6. The number of rotatable bonds is 9. The van der Waals surface area contributed by atoms with Gasteiger partial charge in [-0.3, -0.25) is 0 Å². The van der Waals surface area contributed by atoms with Gasteiger partial charge in [0, 0.05) is 6.42 Å². The number of esters is 1. The molecule has 0 saturated carbocycles. The van der Waals surface area contributed by atoms with Gasteiger partial charge in [-0.05, 0) is 30.0 Å². The Labute approximate surface area is 127 Å². The molecule has 0 amide bonds. The van der Waals surface area contributed by atoms with E-state index in [4.69, 9.17) is 9.47 Å². The van der Waals surface area contributed by atoms with Gasteiger partial charge in [0.15, 0.2) is 6.10 Å². The summed E-state index contributed by atoms with van der Waals surface area (Å²) in [5.74, 6) is 0.210. The van der Waals surface area contributed by atoms with Crippen LogP contribution < -0.4 is 0 Å². The summed E-state index contributed by atoms with van der Waals surface area (Å²) in [4.78, 5) is 12.1. The van der Waals surface area contributed by atoms with Crippen molar-refractivity contribution in [2.45, 2.75) is 46.1 Å². The number of aromatic hydroxyl groups is 1. The van der Waals surface area contributed by atoms with E-state index in [2.05, 4.69) is 0 Å². The van der Waals surface area contributed by atoms with Gasteiger partial charge in [0.05, 0.1) is 13.2 Å². The monoisotopic (exact) mass is 294 g/mol. The van der Waals surface area contributed by atoms with E-state index >= 15 is 0 Å². The highest BCUT2D eigenvalue weighted by Gasteiger charge is 2.22. The molecule has 1 unspecified atom stereocenters. The van der Waals surface area contributed by atoms with E-state index in [-0.39, 0.29) is 11.7 Å². The van der Waals surface area contributed by atoms with Crippen LogP contribution in [0.3, 0.4) is 0 Å². The Hall–Kier alpha value is -1.55. The average Bonchev–Trinajstić information content (AvgIpc) is 2.43. The van der Waals surface area contributed by atoms with Gasteiger partial charge in [-0.15, -0.1) is 0 Å². The predicted octanol–water partition coefficient (Wildman–Crippen LogP) is 3.32. The summed E-state index contributed by atoms with van der Waals surface area (Å²) in [7, 11) is 0. The minimum absolute atomic E-state index is 0.189. The van der Waals surface area contributed by atoms with Crippen molar-refractivity contribution in [3.8, 4) is 5.75 Å². The summed E-state index contributed by atoms with van der Waals surface area (Å²) in [6, 6.07) is 6.87. The summed E-state index contributed by atoms with van der Waals surface area (Å²) >= 11 is 0. The normalized spacial score (nSPS) is 12.4. The number of ether oxygens (including phenoxy) is 2. The molecule has 1 N–H and O–H groups in total. The molecular weight excluding hydrogens is 268 g/mol. The van der Waals surface area contributed by atoms with Crippen molar-refractivity contribution in [3.05, 3.63) is 29.8 Å². The van der Waals surface area contributed by atoms with E-state index in [9.17, 15) is 9.90 Å². The molecule has 0 heterocycles. The fourth-order valence-corrected chi connectivity index (χ4v) is 1.83. The summed E-state index contributed by atoms with van der Waals surface area (Å²) in [5.41, 5.74) is 0.858. The average molecular weight is 294 g/mol. The van der Waals surface area contributed by atoms with Gasteiger partial charge >= 0.3 is 5.97 Å². The Balaban J connectivity index is 2.64. The topological polar surface area (TPSA) is 55.8 Å².